The maximum Gasteiger partial charge on any atom is 0.328 e. The number of likely N-dealkylation sites (tertiary alicyclic amines) is 1. The predicted octanol–water partition coefficient (Wildman–Crippen LogP) is 4.18. The summed E-state index contributed by atoms with van der Waals surface area (Å²) in [6.45, 7) is 4.48. The Labute approximate surface area is 222 Å². The van der Waals surface area contributed by atoms with Gasteiger partial charge in [0.1, 0.15) is 0 Å². The summed E-state index contributed by atoms with van der Waals surface area (Å²) in [5.41, 5.74) is 8.06. The Morgan fingerprint density at radius 1 is 1.08 bits per heavy atom. The highest BCUT2D eigenvalue weighted by Gasteiger charge is 2.64. The van der Waals surface area contributed by atoms with E-state index in [1.165, 1.54) is 0 Å². The maximum atomic E-state index is 13.4. The molecule has 2 aromatic carbocycles. The van der Waals surface area contributed by atoms with Crippen molar-refractivity contribution in [3.63, 3.8) is 0 Å². The smallest absolute Gasteiger partial charge is 0.328 e. The van der Waals surface area contributed by atoms with Crippen LogP contribution in [-0.4, -0.2) is 44.8 Å². The third-order valence-electron chi connectivity index (χ3n) is 7.86. The van der Waals surface area contributed by atoms with Crippen LogP contribution in [0.15, 0.2) is 67.3 Å². The lowest BCUT2D eigenvalue weighted by atomic mass is 9.61. The van der Waals surface area contributed by atoms with Gasteiger partial charge in [-0.2, -0.15) is 4.90 Å². The Morgan fingerprint density at radius 3 is 2.43 bits per heavy atom. The number of hydrogen-bond acceptors (Lipinski definition) is 6. The normalized spacial score (nSPS) is 27.0. The van der Waals surface area contributed by atoms with Gasteiger partial charge in [-0.05, 0) is 22.8 Å². The van der Waals surface area contributed by atoms with Gasteiger partial charge in [0.2, 0.25) is 11.8 Å². The molecule has 2 fully saturated rings. The molecule has 2 bridgehead atoms. The highest BCUT2D eigenvalue weighted by atomic mass is 35.5. The van der Waals surface area contributed by atoms with Crippen molar-refractivity contribution in [1.82, 2.24) is 9.80 Å². The number of urea groups is 1. The van der Waals surface area contributed by atoms with Gasteiger partial charge in [-0.1, -0.05) is 66.2 Å². The minimum absolute atomic E-state index is 0.0738. The molecule has 9 heteroatoms. The number of carbonyl (C=O) groups excluding carboxylic acids is 3. The lowest BCUT2D eigenvalue weighted by molar-refractivity contribution is -0.136. The van der Waals surface area contributed by atoms with Crippen molar-refractivity contribution >= 4 is 56.4 Å². The molecule has 7 nitrogen and oxygen atoms in total. The van der Waals surface area contributed by atoms with Crippen molar-refractivity contribution in [3.05, 3.63) is 88.3 Å². The van der Waals surface area contributed by atoms with Crippen molar-refractivity contribution < 1.29 is 19.5 Å². The monoisotopic (exact) mass is 533 g/mol. The van der Waals surface area contributed by atoms with Gasteiger partial charge < -0.3 is 10.8 Å². The van der Waals surface area contributed by atoms with Gasteiger partial charge in [0.05, 0.1) is 23.5 Å². The Morgan fingerprint density at radius 2 is 1.78 bits per heavy atom. The zero-order chi connectivity index (χ0) is 26.0. The molecule has 7 rings (SSSR count). The third kappa shape index (κ3) is 3.51. The molecule has 0 saturated carbocycles. The van der Waals surface area contributed by atoms with E-state index in [4.69, 9.17) is 17.3 Å². The standard InChI is InChI=1S/C28H24ClN3O4S/c1-2-18-22-17(15-9-7-14(13-33)8-10-15)11-19(23-24(22)27(35)32(26(23)34)28(30)36)31(18)12-21-25(29)16-5-3-4-6-20(16)37-21/h2-11,18-19,22-24,33H,1,12-13H2,(H2,30,36). The SMILES string of the molecule is C=CC1C2C(c3ccc(CO)cc3)=CC(C3C(=O)N(C(N)=O)C(=O)C32)N1Cc1sc2ccccc2c1Cl. The van der Waals surface area contributed by atoms with Gasteiger partial charge in [-0.25, -0.2) is 4.79 Å². The lowest BCUT2D eigenvalue weighted by Crippen LogP contribution is -2.61. The molecule has 4 aliphatic rings. The summed E-state index contributed by atoms with van der Waals surface area (Å²) in [5, 5.41) is 11.1. The first-order chi connectivity index (χ1) is 17.8. The summed E-state index contributed by atoms with van der Waals surface area (Å²) in [4.78, 5) is 42.6. The number of amides is 4. The second-order valence-corrected chi connectivity index (χ2v) is 11.1. The molecule has 5 unspecified atom stereocenters. The van der Waals surface area contributed by atoms with Crippen LogP contribution < -0.4 is 5.73 Å². The molecule has 3 aliphatic heterocycles. The van der Waals surface area contributed by atoms with Crippen LogP contribution >= 0.6 is 22.9 Å². The molecule has 0 radical (unpaired) electrons. The van der Waals surface area contributed by atoms with E-state index < -0.39 is 41.6 Å². The van der Waals surface area contributed by atoms with E-state index in [1.807, 2.05) is 60.7 Å². The maximum absolute atomic E-state index is 13.4. The first-order valence-electron chi connectivity index (χ1n) is 12.0. The van der Waals surface area contributed by atoms with Crippen LogP contribution in [0.2, 0.25) is 5.02 Å². The number of aliphatic hydroxyl groups excluding tert-OH is 1. The third-order valence-corrected chi connectivity index (χ3v) is 9.55. The average molecular weight is 534 g/mol. The van der Waals surface area contributed by atoms with Crippen molar-refractivity contribution in [2.45, 2.75) is 25.2 Å². The summed E-state index contributed by atoms with van der Waals surface area (Å²) >= 11 is 8.38. The number of piperidine rings is 1. The van der Waals surface area contributed by atoms with E-state index in [0.717, 1.165) is 31.7 Å². The van der Waals surface area contributed by atoms with Crippen molar-refractivity contribution in [2.75, 3.05) is 0 Å². The topological polar surface area (TPSA) is 104 Å². The predicted molar refractivity (Wildman–Crippen MR) is 142 cm³/mol. The number of thiophene rings is 1. The van der Waals surface area contributed by atoms with Crippen LogP contribution in [0.5, 0.6) is 0 Å². The van der Waals surface area contributed by atoms with E-state index in [9.17, 15) is 19.5 Å². The molecule has 4 amide bonds. The molecule has 5 atom stereocenters. The number of rotatable bonds is 5. The summed E-state index contributed by atoms with van der Waals surface area (Å²) in [6.07, 6.45) is 3.85. The molecule has 1 aliphatic carbocycles. The summed E-state index contributed by atoms with van der Waals surface area (Å²) in [6, 6.07) is 13.6. The number of imide groups is 3. The second kappa shape index (κ2) is 8.92. The molecular weight excluding hydrogens is 510 g/mol. The molecule has 4 heterocycles. The highest BCUT2D eigenvalue weighted by Crippen LogP contribution is 2.54. The zero-order valence-corrected chi connectivity index (χ0v) is 21.3. The van der Waals surface area contributed by atoms with Gasteiger partial charge >= 0.3 is 6.03 Å². The molecule has 0 spiro atoms. The molecular formula is C28H24ClN3O4S. The van der Waals surface area contributed by atoms with Crippen molar-refractivity contribution in [1.29, 1.82) is 0 Å². The number of hydrogen-bond donors (Lipinski definition) is 2. The average Bonchev–Trinajstić information content (AvgIpc) is 3.37. The Hall–Kier alpha value is -3.30. The number of benzene rings is 2. The van der Waals surface area contributed by atoms with Crippen LogP contribution in [0.3, 0.4) is 0 Å². The summed E-state index contributed by atoms with van der Waals surface area (Å²) in [7, 11) is 0. The van der Waals surface area contributed by atoms with Gasteiger partial charge in [0.15, 0.2) is 0 Å². The van der Waals surface area contributed by atoms with Crippen LogP contribution in [0.1, 0.15) is 16.0 Å². The number of carbonyl (C=O) groups is 3. The minimum Gasteiger partial charge on any atom is -0.392 e. The lowest BCUT2D eigenvalue weighted by Gasteiger charge is -2.53. The Bertz CT molecular complexity index is 1500. The highest BCUT2D eigenvalue weighted by molar-refractivity contribution is 7.19. The largest absolute Gasteiger partial charge is 0.392 e. The summed E-state index contributed by atoms with van der Waals surface area (Å²) < 4.78 is 1.07. The quantitative estimate of drug-likeness (QED) is 0.378. The van der Waals surface area contributed by atoms with Gasteiger partial charge in [0.25, 0.3) is 0 Å². The van der Waals surface area contributed by atoms with Gasteiger partial charge in [-0.15, -0.1) is 17.9 Å². The molecule has 3 aromatic rings. The minimum atomic E-state index is -1.05. The van der Waals surface area contributed by atoms with E-state index in [2.05, 4.69) is 11.5 Å². The van der Waals surface area contributed by atoms with E-state index >= 15 is 0 Å². The van der Waals surface area contributed by atoms with Crippen LogP contribution in [0.25, 0.3) is 15.7 Å². The molecule has 37 heavy (non-hydrogen) atoms. The molecule has 188 valence electrons. The van der Waals surface area contributed by atoms with Crippen LogP contribution in [0, 0.1) is 17.8 Å². The van der Waals surface area contributed by atoms with Gasteiger partial charge in [0, 0.05) is 39.5 Å². The number of nitrogens with zero attached hydrogens (tertiary/aromatic N) is 2. The fraction of sp³-hybridized carbons (Fsp3) is 0.250. The number of aliphatic hydroxyl groups is 1. The number of halogens is 1. The van der Waals surface area contributed by atoms with E-state index in [-0.39, 0.29) is 12.6 Å². The number of nitrogens with two attached hydrogens (primary N) is 1. The fourth-order valence-corrected chi connectivity index (χ4v) is 7.78. The first-order valence-corrected chi connectivity index (χ1v) is 13.2. The first kappa shape index (κ1) is 24.1. The fourth-order valence-electron chi connectivity index (χ4n) is 6.28. The van der Waals surface area contributed by atoms with E-state index in [1.54, 1.807) is 11.3 Å². The van der Waals surface area contributed by atoms with Crippen molar-refractivity contribution in [3.8, 4) is 0 Å². The molecule has 1 aromatic heterocycles. The second-order valence-electron chi connectivity index (χ2n) is 9.63. The zero-order valence-electron chi connectivity index (χ0n) is 19.7. The number of fused-ring (bicyclic) bond motifs is 2. The Balaban J connectivity index is 1.48. The van der Waals surface area contributed by atoms with Crippen LogP contribution in [-0.2, 0) is 22.7 Å². The molecule has 3 N–H and O–H groups in total. The summed E-state index contributed by atoms with van der Waals surface area (Å²) in [5.74, 6) is -2.98. The van der Waals surface area contributed by atoms with Crippen molar-refractivity contribution in [2.24, 2.45) is 23.5 Å². The van der Waals surface area contributed by atoms with Gasteiger partial charge in [-0.3, -0.25) is 14.5 Å². The number of primary amides is 1. The van der Waals surface area contributed by atoms with Crippen LogP contribution in [0.4, 0.5) is 4.79 Å². The van der Waals surface area contributed by atoms with E-state index in [0.29, 0.717) is 16.5 Å². The Kier molecular flexibility index (Phi) is 5.80. The molecule has 2 saturated heterocycles.